The fraction of sp³-hybridized carbons (Fsp3) is 0.500. The predicted octanol–water partition coefficient (Wildman–Crippen LogP) is 1.81. The molecule has 0 saturated carbocycles. The Balaban J connectivity index is 2.62. The average Bonchev–Trinajstić information content (AvgIpc) is 2.49. The summed E-state index contributed by atoms with van der Waals surface area (Å²) in [5, 5.41) is 8.99. The Morgan fingerprint density at radius 2 is 1.95 bits per heavy atom. The topological polar surface area (TPSA) is 66.8 Å². The van der Waals surface area contributed by atoms with E-state index in [0.29, 0.717) is 26.0 Å². The summed E-state index contributed by atoms with van der Waals surface area (Å²) in [5.74, 6) is -1.57. The lowest BCUT2D eigenvalue weighted by molar-refractivity contribution is -0.144. The molecule has 1 amide bonds. The summed E-state index contributed by atoms with van der Waals surface area (Å²) in [6, 6.07) is 9.78. The monoisotopic (exact) mass is 293 g/mol. The molecule has 1 rings (SSSR count). The zero-order valence-corrected chi connectivity index (χ0v) is 12.6. The maximum Gasteiger partial charge on any atom is 0.304 e. The van der Waals surface area contributed by atoms with Gasteiger partial charge in [0.2, 0.25) is 5.91 Å². The molecule has 0 aliphatic carbocycles. The first-order valence-corrected chi connectivity index (χ1v) is 7.04. The van der Waals surface area contributed by atoms with Crippen LogP contribution >= 0.6 is 0 Å². The van der Waals surface area contributed by atoms with E-state index in [1.54, 1.807) is 19.1 Å². The van der Waals surface area contributed by atoms with Crippen LogP contribution in [0.5, 0.6) is 0 Å². The van der Waals surface area contributed by atoms with Gasteiger partial charge in [0.15, 0.2) is 0 Å². The summed E-state index contributed by atoms with van der Waals surface area (Å²) in [6.07, 6.45) is 1.10. The number of carbonyl (C=O) groups excluding carboxylic acids is 1. The fourth-order valence-corrected chi connectivity index (χ4v) is 2.16. The number of carboxylic acids is 1. The molecule has 0 spiro atoms. The molecule has 0 fully saturated rings. The van der Waals surface area contributed by atoms with Gasteiger partial charge in [-0.1, -0.05) is 30.3 Å². The summed E-state index contributed by atoms with van der Waals surface area (Å²) >= 11 is 0. The summed E-state index contributed by atoms with van der Waals surface area (Å²) in [6.45, 7) is 0.914. The van der Waals surface area contributed by atoms with Crippen LogP contribution in [-0.2, 0) is 20.7 Å². The van der Waals surface area contributed by atoms with Crippen LogP contribution in [0.2, 0.25) is 0 Å². The van der Waals surface area contributed by atoms with Gasteiger partial charge in [-0.05, 0) is 18.4 Å². The molecule has 0 saturated heterocycles. The Morgan fingerprint density at radius 3 is 2.52 bits per heavy atom. The van der Waals surface area contributed by atoms with Crippen molar-refractivity contribution in [3.8, 4) is 0 Å². The van der Waals surface area contributed by atoms with Crippen LogP contribution in [0.3, 0.4) is 0 Å². The van der Waals surface area contributed by atoms with E-state index in [4.69, 9.17) is 9.84 Å². The van der Waals surface area contributed by atoms with Crippen molar-refractivity contribution in [3.63, 3.8) is 0 Å². The highest BCUT2D eigenvalue weighted by Gasteiger charge is 2.24. The molecular weight excluding hydrogens is 270 g/mol. The highest BCUT2D eigenvalue weighted by atomic mass is 16.5. The number of hydrogen-bond acceptors (Lipinski definition) is 3. The third kappa shape index (κ3) is 6.40. The Kier molecular flexibility index (Phi) is 7.46. The number of carbonyl (C=O) groups is 2. The zero-order chi connectivity index (χ0) is 15.7. The van der Waals surface area contributed by atoms with Gasteiger partial charge in [-0.15, -0.1) is 0 Å². The van der Waals surface area contributed by atoms with Crippen molar-refractivity contribution in [2.75, 3.05) is 27.3 Å². The molecule has 5 nitrogen and oxygen atoms in total. The lowest BCUT2D eigenvalue weighted by Crippen LogP contribution is -2.36. The van der Waals surface area contributed by atoms with Crippen LogP contribution in [0.1, 0.15) is 18.4 Å². The van der Waals surface area contributed by atoms with E-state index >= 15 is 0 Å². The van der Waals surface area contributed by atoms with E-state index in [9.17, 15) is 9.59 Å². The number of nitrogens with zero attached hydrogens (tertiary/aromatic N) is 1. The van der Waals surface area contributed by atoms with Gasteiger partial charge in [0.05, 0.1) is 13.0 Å². The second kappa shape index (κ2) is 9.13. The summed E-state index contributed by atoms with van der Waals surface area (Å²) in [7, 11) is 3.25. The van der Waals surface area contributed by atoms with E-state index in [1.807, 2.05) is 30.3 Å². The molecule has 1 aromatic rings. The number of carboxylic acid groups (broad SMARTS) is 1. The average molecular weight is 293 g/mol. The van der Waals surface area contributed by atoms with Crippen LogP contribution in [0.15, 0.2) is 30.3 Å². The molecule has 0 aromatic heterocycles. The Bertz CT molecular complexity index is 447. The standard InChI is InChI=1S/C16H23NO4/c1-17(10-11-21-2)16(20)14(12-15(18)19)9-8-13-6-4-3-5-7-13/h3-7,14H,8-12H2,1-2H3,(H,18,19). The molecule has 0 aliphatic rings. The fourth-order valence-electron chi connectivity index (χ4n) is 2.16. The molecule has 0 aliphatic heterocycles. The van der Waals surface area contributed by atoms with Gasteiger partial charge in [0.1, 0.15) is 0 Å². The first-order valence-electron chi connectivity index (χ1n) is 7.04. The molecule has 5 heteroatoms. The van der Waals surface area contributed by atoms with Gasteiger partial charge in [-0.2, -0.15) is 0 Å². The molecule has 0 bridgehead atoms. The maximum absolute atomic E-state index is 12.3. The van der Waals surface area contributed by atoms with E-state index in [-0.39, 0.29) is 12.3 Å². The van der Waals surface area contributed by atoms with Gasteiger partial charge in [0.25, 0.3) is 0 Å². The molecule has 0 radical (unpaired) electrons. The molecule has 1 aromatic carbocycles. The smallest absolute Gasteiger partial charge is 0.304 e. The number of ether oxygens (including phenoxy) is 1. The van der Waals surface area contributed by atoms with E-state index < -0.39 is 11.9 Å². The van der Waals surface area contributed by atoms with Crippen LogP contribution in [0, 0.1) is 5.92 Å². The minimum Gasteiger partial charge on any atom is -0.481 e. The first kappa shape index (κ1) is 17.2. The number of methoxy groups -OCH3 is 1. The molecule has 116 valence electrons. The largest absolute Gasteiger partial charge is 0.481 e. The highest BCUT2D eigenvalue weighted by Crippen LogP contribution is 2.16. The SMILES string of the molecule is COCCN(C)C(=O)C(CCc1ccccc1)CC(=O)O. The third-order valence-electron chi connectivity index (χ3n) is 3.40. The van der Waals surface area contributed by atoms with Crippen molar-refractivity contribution in [1.82, 2.24) is 4.90 Å². The van der Waals surface area contributed by atoms with Gasteiger partial charge in [0, 0.05) is 26.6 Å². The summed E-state index contributed by atoms with van der Waals surface area (Å²) in [5.41, 5.74) is 1.11. The van der Waals surface area contributed by atoms with E-state index in [1.165, 1.54) is 0 Å². The molecule has 1 atom stereocenters. The molecule has 21 heavy (non-hydrogen) atoms. The number of amides is 1. The molecule has 1 unspecified atom stereocenters. The van der Waals surface area contributed by atoms with E-state index in [0.717, 1.165) is 5.56 Å². The van der Waals surface area contributed by atoms with Crippen LogP contribution in [0.4, 0.5) is 0 Å². The van der Waals surface area contributed by atoms with Crippen molar-refractivity contribution in [1.29, 1.82) is 0 Å². The molecule has 0 heterocycles. The Labute approximate surface area is 125 Å². The minimum atomic E-state index is -0.943. The van der Waals surface area contributed by atoms with E-state index in [2.05, 4.69) is 0 Å². The van der Waals surface area contributed by atoms with Gasteiger partial charge >= 0.3 is 5.97 Å². The number of aryl methyl sites for hydroxylation is 1. The zero-order valence-electron chi connectivity index (χ0n) is 12.6. The number of hydrogen-bond donors (Lipinski definition) is 1. The number of rotatable bonds is 9. The normalized spacial score (nSPS) is 11.9. The highest BCUT2D eigenvalue weighted by molar-refractivity contribution is 5.83. The number of benzene rings is 1. The van der Waals surface area contributed by atoms with Crippen molar-refractivity contribution in [3.05, 3.63) is 35.9 Å². The maximum atomic E-state index is 12.3. The predicted molar refractivity (Wildman–Crippen MR) is 80.0 cm³/mol. The van der Waals surface area contributed by atoms with Gasteiger partial charge in [-0.25, -0.2) is 0 Å². The van der Waals surface area contributed by atoms with Crippen molar-refractivity contribution in [2.45, 2.75) is 19.3 Å². The second-order valence-corrected chi connectivity index (χ2v) is 5.07. The van der Waals surface area contributed by atoms with Crippen molar-refractivity contribution >= 4 is 11.9 Å². The molecule has 1 N–H and O–H groups in total. The van der Waals surface area contributed by atoms with Crippen LogP contribution in [0.25, 0.3) is 0 Å². The lowest BCUT2D eigenvalue weighted by Gasteiger charge is -2.22. The van der Waals surface area contributed by atoms with Gasteiger partial charge < -0.3 is 14.7 Å². The van der Waals surface area contributed by atoms with Crippen LogP contribution in [-0.4, -0.2) is 49.2 Å². The number of aliphatic carboxylic acids is 1. The summed E-state index contributed by atoms with van der Waals surface area (Å²) in [4.78, 5) is 24.8. The Morgan fingerprint density at radius 1 is 1.29 bits per heavy atom. The van der Waals surface area contributed by atoms with Crippen molar-refractivity contribution in [2.24, 2.45) is 5.92 Å². The first-order chi connectivity index (χ1) is 10.0. The summed E-state index contributed by atoms with van der Waals surface area (Å²) < 4.78 is 4.94. The molecular formula is C16H23NO4. The Hall–Kier alpha value is -1.88. The van der Waals surface area contributed by atoms with Gasteiger partial charge in [-0.3, -0.25) is 9.59 Å². The van der Waals surface area contributed by atoms with Crippen molar-refractivity contribution < 1.29 is 19.4 Å². The third-order valence-corrected chi connectivity index (χ3v) is 3.40. The quantitative estimate of drug-likeness (QED) is 0.754. The number of likely N-dealkylation sites (N-methyl/N-ethyl adjacent to an activating group) is 1. The van der Waals surface area contributed by atoms with Crippen LogP contribution < -0.4 is 0 Å². The second-order valence-electron chi connectivity index (χ2n) is 5.07. The lowest BCUT2D eigenvalue weighted by atomic mass is 9.95. The minimum absolute atomic E-state index is 0.134.